The number of H-pyrrole nitrogens is 1. The molecule has 0 saturated heterocycles. The molecule has 0 aliphatic heterocycles. The number of aromatic amines is 1. The van der Waals surface area contributed by atoms with Crippen LogP contribution in [0.4, 0.5) is 5.82 Å². The van der Waals surface area contributed by atoms with Crippen LogP contribution in [0, 0.1) is 6.92 Å². The van der Waals surface area contributed by atoms with Gasteiger partial charge in [-0.15, -0.1) is 0 Å². The largest absolute Gasteiger partial charge is 0.307 e. The number of rotatable bonds is 3. The van der Waals surface area contributed by atoms with Crippen LogP contribution in [-0.2, 0) is 0 Å². The van der Waals surface area contributed by atoms with Crippen LogP contribution in [0.3, 0.4) is 0 Å². The molecule has 21 heavy (non-hydrogen) atoms. The van der Waals surface area contributed by atoms with Crippen LogP contribution in [-0.4, -0.2) is 25.9 Å². The van der Waals surface area contributed by atoms with Gasteiger partial charge in [-0.3, -0.25) is 9.89 Å². The van der Waals surface area contributed by atoms with Crippen molar-refractivity contribution in [2.75, 3.05) is 5.32 Å². The quantitative estimate of drug-likeness (QED) is 0.766. The number of hydrogen-bond acceptors (Lipinski definition) is 3. The molecule has 0 bridgehead atoms. The summed E-state index contributed by atoms with van der Waals surface area (Å²) < 4.78 is 2.72. The Morgan fingerprint density at radius 2 is 2.05 bits per heavy atom. The number of carbonyl (C=O) groups is 1. The highest BCUT2D eigenvalue weighted by Crippen LogP contribution is 2.18. The third-order valence-electron chi connectivity index (χ3n) is 3.07. The highest BCUT2D eigenvalue weighted by molar-refractivity contribution is 9.10. The van der Waals surface area contributed by atoms with E-state index < -0.39 is 0 Å². The van der Waals surface area contributed by atoms with Crippen molar-refractivity contribution in [2.45, 2.75) is 6.92 Å². The van der Waals surface area contributed by atoms with Crippen LogP contribution in [0.5, 0.6) is 0 Å². The van der Waals surface area contributed by atoms with E-state index in [0.717, 1.165) is 15.9 Å². The van der Waals surface area contributed by atoms with Crippen LogP contribution in [0.2, 0.25) is 0 Å². The zero-order chi connectivity index (χ0) is 14.8. The number of benzene rings is 1. The maximum atomic E-state index is 12.2. The maximum absolute atomic E-state index is 12.2. The molecular formula is C14H12BrN5O. The van der Waals surface area contributed by atoms with E-state index in [1.165, 1.54) is 0 Å². The van der Waals surface area contributed by atoms with Gasteiger partial charge in [0.2, 0.25) is 0 Å². The predicted molar refractivity (Wildman–Crippen MR) is 82.5 cm³/mol. The molecule has 1 amide bonds. The molecule has 0 saturated carbocycles. The minimum absolute atomic E-state index is 0.222. The van der Waals surface area contributed by atoms with Gasteiger partial charge in [0.25, 0.3) is 5.91 Å². The summed E-state index contributed by atoms with van der Waals surface area (Å²) in [7, 11) is 0. The molecule has 1 aromatic carbocycles. The van der Waals surface area contributed by atoms with Crippen LogP contribution in [0.1, 0.15) is 16.1 Å². The molecule has 0 aliphatic rings. The van der Waals surface area contributed by atoms with E-state index in [1.54, 1.807) is 23.1 Å². The average Bonchev–Trinajstić information content (AvgIpc) is 3.09. The van der Waals surface area contributed by atoms with E-state index >= 15 is 0 Å². The molecule has 0 unspecified atom stereocenters. The SMILES string of the molecule is Cc1c(C(=O)Nc2ccn[nH]2)cnn1-c1ccc(Br)cc1. The monoisotopic (exact) mass is 345 g/mol. The summed E-state index contributed by atoms with van der Waals surface area (Å²) in [6.45, 7) is 1.86. The van der Waals surface area contributed by atoms with E-state index in [2.05, 4.69) is 36.5 Å². The first kappa shape index (κ1) is 13.6. The number of nitrogens with one attached hydrogen (secondary N) is 2. The molecular weight excluding hydrogens is 334 g/mol. The van der Waals surface area contributed by atoms with Crippen molar-refractivity contribution in [1.82, 2.24) is 20.0 Å². The van der Waals surface area contributed by atoms with Crippen LogP contribution in [0.15, 0.2) is 47.2 Å². The third kappa shape index (κ3) is 2.73. The summed E-state index contributed by atoms with van der Waals surface area (Å²) in [5.74, 6) is 0.330. The lowest BCUT2D eigenvalue weighted by molar-refractivity contribution is 0.102. The molecule has 0 fully saturated rings. The summed E-state index contributed by atoms with van der Waals surface area (Å²) in [5, 5.41) is 13.5. The van der Waals surface area contributed by atoms with Gasteiger partial charge in [0.05, 0.1) is 29.3 Å². The number of nitrogens with zero attached hydrogens (tertiary/aromatic N) is 3. The minimum Gasteiger partial charge on any atom is -0.307 e. The van der Waals surface area contributed by atoms with Gasteiger partial charge in [0.15, 0.2) is 0 Å². The Morgan fingerprint density at radius 1 is 1.29 bits per heavy atom. The van der Waals surface area contributed by atoms with Gasteiger partial charge in [-0.2, -0.15) is 10.2 Å². The first-order valence-electron chi connectivity index (χ1n) is 6.26. The molecule has 106 valence electrons. The molecule has 6 nitrogen and oxygen atoms in total. The Morgan fingerprint density at radius 3 is 2.71 bits per heavy atom. The van der Waals surface area contributed by atoms with Gasteiger partial charge < -0.3 is 5.32 Å². The third-order valence-corrected chi connectivity index (χ3v) is 3.60. The molecule has 3 aromatic rings. The van der Waals surface area contributed by atoms with Gasteiger partial charge in [-0.1, -0.05) is 15.9 Å². The van der Waals surface area contributed by atoms with Crippen molar-refractivity contribution >= 4 is 27.7 Å². The smallest absolute Gasteiger partial charge is 0.260 e. The van der Waals surface area contributed by atoms with Crippen molar-refractivity contribution < 1.29 is 4.79 Å². The standard InChI is InChI=1S/C14H12BrN5O/c1-9-12(14(21)18-13-6-7-16-19-13)8-17-20(9)11-4-2-10(15)3-5-11/h2-8H,1H3,(H2,16,18,19,21). The Hall–Kier alpha value is -2.41. The second-order valence-corrected chi connectivity index (χ2v) is 5.37. The molecule has 2 N–H and O–H groups in total. The zero-order valence-corrected chi connectivity index (χ0v) is 12.8. The predicted octanol–water partition coefficient (Wildman–Crippen LogP) is 2.92. The van der Waals surface area contributed by atoms with Gasteiger partial charge in [0, 0.05) is 10.5 Å². The van der Waals surface area contributed by atoms with Gasteiger partial charge in [-0.25, -0.2) is 4.68 Å². The summed E-state index contributed by atoms with van der Waals surface area (Å²) in [6.07, 6.45) is 3.14. The number of carbonyl (C=O) groups excluding carboxylic acids is 1. The summed E-state index contributed by atoms with van der Waals surface area (Å²) in [5.41, 5.74) is 2.19. The highest BCUT2D eigenvalue weighted by Gasteiger charge is 2.15. The van der Waals surface area contributed by atoms with E-state index in [4.69, 9.17) is 0 Å². The van der Waals surface area contributed by atoms with E-state index in [-0.39, 0.29) is 5.91 Å². The minimum atomic E-state index is -0.222. The first-order valence-corrected chi connectivity index (χ1v) is 7.06. The number of aromatic nitrogens is 4. The second-order valence-electron chi connectivity index (χ2n) is 4.46. The van der Waals surface area contributed by atoms with Crippen molar-refractivity contribution in [1.29, 1.82) is 0 Å². The fourth-order valence-corrected chi connectivity index (χ4v) is 2.25. The number of halogens is 1. The van der Waals surface area contributed by atoms with Crippen molar-refractivity contribution in [3.63, 3.8) is 0 Å². The molecule has 2 heterocycles. The molecule has 7 heteroatoms. The number of hydrogen-bond donors (Lipinski definition) is 2. The van der Waals surface area contributed by atoms with Crippen LogP contribution >= 0.6 is 15.9 Å². The van der Waals surface area contributed by atoms with E-state index in [9.17, 15) is 4.79 Å². The first-order chi connectivity index (χ1) is 10.1. The second kappa shape index (κ2) is 5.53. The Labute approximate surface area is 129 Å². The fourth-order valence-electron chi connectivity index (χ4n) is 1.99. The average molecular weight is 346 g/mol. The summed E-state index contributed by atoms with van der Waals surface area (Å²) in [6, 6.07) is 9.41. The number of amides is 1. The molecule has 0 radical (unpaired) electrons. The zero-order valence-electron chi connectivity index (χ0n) is 11.2. The topological polar surface area (TPSA) is 75.6 Å². The summed E-state index contributed by atoms with van der Waals surface area (Å²) >= 11 is 3.40. The normalized spacial score (nSPS) is 10.6. The number of anilines is 1. The van der Waals surface area contributed by atoms with Crippen molar-refractivity contribution in [3.05, 3.63) is 58.5 Å². The Bertz CT molecular complexity index is 761. The van der Waals surface area contributed by atoms with Crippen molar-refractivity contribution in [2.24, 2.45) is 0 Å². The van der Waals surface area contributed by atoms with Crippen LogP contribution in [0.25, 0.3) is 5.69 Å². The highest BCUT2D eigenvalue weighted by atomic mass is 79.9. The molecule has 3 rings (SSSR count). The Kier molecular flexibility index (Phi) is 3.57. The molecule has 0 atom stereocenters. The Balaban J connectivity index is 1.88. The lowest BCUT2D eigenvalue weighted by Crippen LogP contribution is -2.13. The van der Waals surface area contributed by atoms with Crippen molar-refractivity contribution in [3.8, 4) is 5.69 Å². The lowest BCUT2D eigenvalue weighted by atomic mass is 10.2. The van der Waals surface area contributed by atoms with Gasteiger partial charge >= 0.3 is 0 Å². The lowest BCUT2D eigenvalue weighted by Gasteiger charge is -2.06. The molecule has 0 spiro atoms. The van der Waals surface area contributed by atoms with Gasteiger partial charge in [0.1, 0.15) is 5.82 Å². The van der Waals surface area contributed by atoms with E-state index in [1.807, 2.05) is 31.2 Å². The maximum Gasteiger partial charge on any atom is 0.260 e. The van der Waals surface area contributed by atoms with E-state index in [0.29, 0.717) is 11.4 Å². The molecule has 0 aliphatic carbocycles. The fraction of sp³-hybridized carbons (Fsp3) is 0.0714. The molecule has 2 aromatic heterocycles. The van der Waals surface area contributed by atoms with Gasteiger partial charge in [-0.05, 0) is 31.2 Å². The van der Waals surface area contributed by atoms with Crippen LogP contribution < -0.4 is 5.32 Å². The summed E-state index contributed by atoms with van der Waals surface area (Å²) in [4.78, 5) is 12.2.